The first kappa shape index (κ1) is 13.4. The Labute approximate surface area is 109 Å². The predicted molar refractivity (Wildman–Crippen MR) is 71.3 cm³/mol. The first-order chi connectivity index (χ1) is 8.55. The summed E-state index contributed by atoms with van der Waals surface area (Å²) >= 11 is 0. The summed E-state index contributed by atoms with van der Waals surface area (Å²) in [5.41, 5.74) is 1.84. The number of ether oxygens (including phenoxy) is 1. The molecule has 0 saturated heterocycles. The highest BCUT2D eigenvalue weighted by Gasteiger charge is 2.41. The van der Waals surface area contributed by atoms with Crippen LogP contribution in [0.1, 0.15) is 50.3 Å². The molecule has 2 rings (SSSR count). The van der Waals surface area contributed by atoms with E-state index in [0.717, 1.165) is 36.6 Å². The van der Waals surface area contributed by atoms with Gasteiger partial charge in [0.15, 0.2) is 5.82 Å². The average Bonchev–Trinajstić information content (AvgIpc) is 2.25. The highest BCUT2D eigenvalue weighted by atomic mass is 16.5. The van der Waals surface area contributed by atoms with Gasteiger partial charge in [-0.2, -0.15) is 0 Å². The molecule has 1 N–H and O–H groups in total. The Morgan fingerprint density at radius 2 is 2.11 bits per heavy atom. The number of aryl methyl sites for hydroxylation is 1. The monoisotopic (exact) mass is 249 g/mol. The minimum absolute atomic E-state index is 0.224. The SMILES string of the molecule is COC1(c2nc(C)cc(CNC(C)C)n2)CCC1. The second-order valence-corrected chi connectivity index (χ2v) is 5.41. The Bertz CT molecular complexity index is 408. The zero-order valence-electron chi connectivity index (χ0n) is 11.8. The minimum atomic E-state index is -0.224. The van der Waals surface area contributed by atoms with Crippen LogP contribution in [0, 0.1) is 6.92 Å². The number of hydrogen-bond acceptors (Lipinski definition) is 4. The van der Waals surface area contributed by atoms with Gasteiger partial charge in [0.1, 0.15) is 5.60 Å². The van der Waals surface area contributed by atoms with Crippen LogP contribution < -0.4 is 5.32 Å². The standard InChI is InChI=1S/C14H23N3O/c1-10(2)15-9-12-8-11(3)16-13(17-12)14(18-4)6-5-7-14/h8,10,15H,5-7,9H2,1-4H3. The molecule has 1 saturated carbocycles. The molecule has 4 heteroatoms. The maximum atomic E-state index is 5.65. The van der Waals surface area contributed by atoms with Gasteiger partial charge in [0.05, 0.1) is 5.69 Å². The van der Waals surface area contributed by atoms with Crippen molar-refractivity contribution >= 4 is 0 Å². The number of aromatic nitrogens is 2. The van der Waals surface area contributed by atoms with Gasteiger partial charge in [0, 0.05) is 25.4 Å². The molecular weight excluding hydrogens is 226 g/mol. The lowest BCUT2D eigenvalue weighted by molar-refractivity contribution is -0.0849. The van der Waals surface area contributed by atoms with Crippen LogP contribution in [0.5, 0.6) is 0 Å². The molecule has 0 spiro atoms. The highest BCUT2D eigenvalue weighted by Crippen LogP contribution is 2.42. The quantitative estimate of drug-likeness (QED) is 0.870. The van der Waals surface area contributed by atoms with Crippen molar-refractivity contribution in [1.29, 1.82) is 0 Å². The summed E-state index contributed by atoms with van der Waals surface area (Å²) in [5, 5.41) is 3.39. The van der Waals surface area contributed by atoms with Gasteiger partial charge in [-0.1, -0.05) is 13.8 Å². The molecule has 0 aromatic carbocycles. The zero-order valence-corrected chi connectivity index (χ0v) is 11.8. The molecule has 100 valence electrons. The second kappa shape index (κ2) is 5.33. The molecule has 0 atom stereocenters. The molecule has 1 aliphatic rings. The van der Waals surface area contributed by atoms with E-state index in [2.05, 4.69) is 29.1 Å². The van der Waals surface area contributed by atoms with E-state index >= 15 is 0 Å². The van der Waals surface area contributed by atoms with Gasteiger partial charge in [-0.3, -0.25) is 0 Å². The maximum Gasteiger partial charge on any atom is 0.160 e. The maximum absolute atomic E-state index is 5.65. The summed E-state index contributed by atoms with van der Waals surface area (Å²) in [7, 11) is 1.76. The lowest BCUT2D eigenvalue weighted by Crippen LogP contribution is -2.38. The van der Waals surface area contributed by atoms with Crippen molar-refractivity contribution in [2.24, 2.45) is 0 Å². The van der Waals surface area contributed by atoms with E-state index in [-0.39, 0.29) is 5.60 Å². The molecule has 18 heavy (non-hydrogen) atoms. The van der Waals surface area contributed by atoms with Crippen molar-refractivity contribution in [3.63, 3.8) is 0 Å². The summed E-state index contributed by atoms with van der Waals surface area (Å²) in [6.45, 7) is 7.08. The number of rotatable bonds is 5. The van der Waals surface area contributed by atoms with E-state index in [0.29, 0.717) is 6.04 Å². The van der Waals surface area contributed by atoms with E-state index in [1.54, 1.807) is 7.11 Å². The van der Waals surface area contributed by atoms with E-state index in [1.807, 2.05) is 13.0 Å². The van der Waals surface area contributed by atoms with Crippen molar-refractivity contribution in [3.8, 4) is 0 Å². The fourth-order valence-electron chi connectivity index (χ4n) is 2.25. The van der Waals surface area contributed by atoms with Crippen LogP contribution in [0.25, 0.3) is 0 Å². The summed E-state index contributed by atoms with van der Waals surface area (Å²) in [6, 6.07) is 2.50. The van der Waals surface area contributed by atoms with Gasteiger partial charge in [-0.15, -0.1) is 0 Å². The summed E-state index contributed by atoms with van der Waals surface area (Å²) in [5.74, 6) is 0.858. The zero-order chi connectivity index (χ0) is 13.2. The van der Waals surface area contributed by atoms with Crippen LogP contribution >= 0.6 is 0 Å². The number of methoxy groups -OCH3 is 1. The summed E-state index contributed by atoms with van der Waals surface area (Å²) in [6.07, 6.45) is 3.26. The lowest BCUT2D eigenvalue weighted by atomic mass is 9.79. The van der Waals surface area contributed by atoms with E-state index < -0.39 is 0 Å². The van der Waals surface area contributed by atoms with E-state index in [4.69, 9.17) is 4.74 Å². The molecule has 0 radical (unpaired) electrons. The molecule has 1 fully saturated rings. The Kier molecular flexibility index (Phi) is 3.97. The first-order valence-electron chi connectivity index (χ1n) is 6.69. The molecule has 0 bridgehead atoms. The Morgan fingerprint density at radius 3 is 2.61 bits per heavy atom. The number of nitrogens with one attached hydrogen (secondary N) is 1. The van der Waals surface area contributed by atoms with E-state index in [1.165, 1.54) is 6.42 Å². The fraction of sp³-hybridized carbons (Fsp3) is 0.714. The van der Waals surface area contributed by atoms with Crippen molar-refractivity contribution in [2.45, 2.75) is 58.2 Å². The normalized spacial score (nSPS) is 17.8. The molecule has 0 aliphatic heterocycles. The van der Waals surface area contributed by atoms with Gasteiger partial charge in [-0.05, 0) is 32.3 Å². The molecule has 1 aromatic rings. The van der Waals surface area contributed by atoms with Gasteiger partial charge < -0.3 is 10.1 Å². The van der Waals surface area contributed by atoms with Crippen LogP contribution in [0.15, 0.2) is 6.07 Å². The van der Waals surface area contributed by atoms with Crippen LogP contribution in [-0.4, -0.2) is 23.1 Å². The Balaban J connectivity index is 2.21. The van der Waals surface area contributed by atoms with Gasteiger partial charge in [0.25, 0.3) is 0 Å². The molecule has 4 nitrogen and oxygen atoms in total. The van der Waals surface area contributed by atoms with Crippen LogP contribution in [-0.2, 0) is 16.9 Å². The van der Waals surface area contributed by atoms with Crippen molar-refractivity contribution in [2.75, 3.05) is 7.11 Å². The van der Waals surface area contributed by atoms with Gasteiger partial charge in [0.2, 0.25) is 0 Å². The van der Waals surface area contributed by atoms with Crippen molar-refractivity contribution < 1.29 is 4.74 Å². The fourth-order valence-corrected chi connectivity index (χ4v) is 2.25. The van der Waals surface area contributed by atoms with Crippen LogP contribution in [0.3, 0.4) is 0 Å². The minimum Gasteiger partial charge on any atom is -0.370 e. The highest BCUT2D eigenvalue weighted by molar-refractivity contribution is 5.16. The number of nitrogens with zero attached hydrogens (tertiary/aromatic N) is 2. The third-order valence-electron chi connectivity index (χ3n) is 3.56. The first-order valence-corrected chi connectivity index (χ1v) is 6.69. The van der Waals surface area contributed by atoms with Crippen molar-refractivity contribution in [3.05, 3.63) is 23.3 Å². The Hall–Kier alpha value is -1.00. The van der Waals surface area contributed by atoms with Crippen LogP contribution in [0.2, 0.25) is 0 Å². The molecular formula is C14H23N3O. The molecule has 1 aromatic heterocycles. The predicted octanol–water partition coefficient (Wildman–Crippen LogP) is 2.31. The largest absolute Gasteiger partial charge is 0.370 e. The molecule has 1 aliphatic carbocycles. The second-order valence-electron chi connectivity index (χ2n) is 5.41. The molecule has 1 heterocycles. The third-order valence-corrected chi connectivity index (χ3v) is 3.56. The molecule has 0 amide bonds. The van der Waals surface area contributed by atoms with E-state index in [9.17, 15) is 0 Å². The lowest BCUT2D eigenvalue weighted by Gasteiger charge is -2.39. The smallest absolute Gasteiger partial charge is 0.160 e. The third kappa shape index (κ3) is 2.70. The van der Waals surface area contributed by atoms with Crippen molar-refractivity contribution in [1.82, 2.24) is 15.3 Å². The summed E-state index contributed by atoms with van der Waals surface area (Å²) < 4.78 is 5.65. The molecule has 0 unspecified atom stereocenters. The Morgan fingerprint density at radius 1 is 1.39 bits per heavy atom. The average molecular weight is 249 g/mol. The topological polar surface area (TPSA) is 47.0 Å². The van der Waals surface area contributed by atoms with Crippen LogP contribution in [0.4, 0.5) is 0 Å². The van der Waals surface area contributed by atoms with Gasteiger partial charge in [-0.25, -0.2) is 9.97 Å². The summed E-state index contributed by atoms with van der Waals surface area (Å²) in [4.78, 5) is 9.23. The number of hydrogen-bond donors (Lipinski definition) is 1. The van der Waals surface area contributed by atoms with Gasteiger partial charge >= 0.3 is 0 Å².